The van der Waals surface area contributed by atoms with Gasteiger partial charge in [-0.2, -0.15) is 4.31 Å². The number of rotatable bonds is 8. The number of nitrogens with one attached hydrogen (secondary N) is 1. The molecule has 2 unspecified atom stereocenters. The number of sulfonamides is 1. The van der Waals surface area contributed by atoms with Crippen molar-refractivity contribution in [1.29, 1.82) is 0 Å². The topological polar surface area (TPSA) is 86.7 Å². The summed E-state index contributed by atoms with van der Waals surface area (Å²) in [5.41, 5.74) is 1.15. The first-order valence-electron chi connectivity index (χ1n) is 8.87. The lowest BCUT2D eigenvalue weighted by atomic mass is 9.99. The monoisotopic (exact) mass is 368 g/mol. The SMILES string of the molecule is CCC(C)c1ccc(S(=O)(=O)N2CCCC(CNCC(=O)O)C2)cc1. The molecule has 1 aliphatic heterocycles. The van der Waals surface area contributed by atoms with Crippen LogP contribution in [0.3, 0.4) is 0 Å². The van der Waals surface area contributed by atoms with Crippen LogP contribution in [-0.4, -0.2) is 50.0 Å². The minimum atomic E-state index is -3.50. The predicted octanol–water partition coefficient (Wildman–Crippen LogP) is 2.28. The number of nitrogens with zero attached hydrogens (tertiary/aromatic N) is 1. The Morgan fingerprint density at radius 2 is 2.04 bits per heavy atom. The quantitative estimate of drug-likeness (QED) is 0.735. The normalized spacial score (nSPS) is 20.3. The van der Waals surface area contributed by atoms with Gasteiger partial charge in [-0.1, -0.05) is 26.0 Å². The molecule has 0 aliphatic carbocycles. The highest BCUT2D eigenvalue weighted by molar-refractivity contribution is 7.89. The van der Waals surface area contributed by atoms with E-state index in [9.17, 15) is 13.2 Å². The van der Waals surface area contributed by atoms with Crippen LogP contribution in [0.4, 0.5) is 0 Å². The maximum Gasteiger partial charge on any atom is 0.317 e. The van der Waals surface area contributed by atoms with E-state index in [0.29, 0.717) is 30.4 Å². The summed E-state index contributed by atoms with van der Waals surface area (Å²) in [5.74, 6) is -0.347. The molecule has 0 radical (unpaired) electrons. The Balaban J connectivity index is 2.04. The van der Waals surface area contributed by atoms with Crippen molar-refractivity contribution in [1.82, 2.24) is 9.62 Å². The molecule has 0 spiro atoms. The average Bonchev–Trinajstić information content (AvgIpc) is 2.61. The third-order valence-electron chi connectivity index (χ3n) is 4.89. The zero-order valence-corrected chi connectivity index (χ0v) is 15.8. The molecule has 6 nitrogen and oxygen atoms in total. The molecule has 0 bridgehead atoms. The first-order valence-corrected chi connectivity index (χ1v) is 10.3. The molecule has 1 aromatic carbocycles. The van der Waals surface area contributed by atoms with Gasteiger partial charge in [0.1, 0.15) is 0 Å². The zero-order chi connectivity index (χ0) is 18.4. The Labute approximate surface area is 150 Å². The van der Waals surface area contributed by atoms with Gasteiger partial charge in [-0.05, 0) is 55.3 Å². The van der Waals surface area contributed by atoms with Crippen molar-refractivity contribution in [3.05, 3.63) is 29.8 Å². The Kier molecular flexibility index (Phi) is 6.98. The van der Waals surface area contributed by atoms with Gasteiger partial charge in [-0.15, -0.1) is 0 Å². The Morgan fingerprint density at radius 1 is 1.36 bits per heavy atom. The number of piperidine rings is 1. The van der Waals surface area contributed by atoms with Gasteiger partial charge in [0.05, 0.1) is 11.4 Å². The van der Waals surface area contributed by atoms with E-state index in [1.807, 2.05) is 12.1 Å². The minimum absolute atomic E-state index is 0.0969. The Hall–Kier alpha value is -1.44. The van der Waals surface area contributed by atoms with E-state index < -0.39 is 16.0 Å². The molecule has 1 aliphatic rings. The van der Waals surface area contributed by atoms with E-state index in [2.05, 4.69) is 19.2 Å². The number of carboxylic acids is 1. The molecule has 1 aromatic rings. The summed E-state index contributed by atoms with van der Waals surface area (Å²) >= 11 is 0. The fourth-order valence-corrected chi connectivity index (χ4v) is 4.70. The number of hydrogen-bond acceptors (Lipinski definition) is 4. The summed E-state index contributed by atoms with van der Waals surface area (Å²) in [6.45, 7) is 5.61. The van der Waals surface area contributed by atoms with Crippen molar-refractivity contribution in [3.63, 3.8) is 0 Å². The van der Waals surface area contributed by atoms with Crippen molar-refractivity contribution >= 4 is 16.0 Å². The van der Waals surface area contributed by atoms with Crippen LogP contribution in [0.25, 0.3) is 0 Å². The Bertz CT molecular complexity index is 673. The number of benzene rings is 1. The first-order chi connectivity index (χ1) is 11.8. The summed E-state index contributed by atoms with van der Waals surface area (Å²) < 4.78 is 27.3. The fraction of sp³-hybridized carbons (Fsp3) is 0.611. The van der Waals surface area contributed by atoms with E-state index in [4.69, 9.17) is 5.11 Å². The second kappa shape index (κ2) is 8.78. The number of hydrogen-bond donors (Lipinski definition) is 2. The largest absolute Gasteiger partial charge is 0.480 e. The van der Waals surface area contributed by atoms with Crippen LogP contribution >= 0.6 is 0 Å². The van der Waals surface area contributed by atoms with Crippen LogP contribution < -0.4 is 5.32 Å². The lowest BCUT2D eigenvalue weighted by Gasteiger charge is -2.32. The average molecular weight is 368 g/mol. The van der Waals surface area contributed by atoms with Crippen molar-refractivity contribution in [3.8, 4) is 0 Å². The smallest absolute Gasteiger partial charge is 0.317 e. The molecule has 0 aromatic heterocycles. The van der Waals surface area contributed by atoms with E-state index in [1.54, 1.807) is 12.1 Å². The van der Waals surface area contributed by atoms with Gasteiger partial charge in [-0.3, -0.25) is 4.79 Å². The summed E-state index contributed by atoms with van der Waals surface area (Å²) in [6.07, 6.45) is 2.72. The molecule has 0 amide bonds. The highest BCUT2D eigenvalue weighted by Crippen LogP contribution is 2.25. The maximum absolute atomic E-state index is 12.9. The van der Waals surface area contributed by atoms with E-state index in [0.717, 1.165) is 24.8 Å². The molecule has 2 rings (SSSR count). The predicted molar refractivity (Wildman–Crippen MR) is 97.1 cm³/mol. The van der Waals surface area contributed by atoms with Gasteiger partial charge in [0, 0.05) is 13.1 Å². The first kappa shape index (κ1) is 19.9. The molecule has 0 saturated carbocycles. The molecule has 7 heteroatoms. The summed E-state index contributed by atoms with van der Waals surface area (Å²) in [4.78, 5) is 10.9. The molecular weight excluding hydrogens is 340 g/mol. The molecule has 25 heavy (non-hydrogen) atoms. The van der Waals surface area contributed by atoms with Crippen LogP contribution in [0.5, 0.6) is 0 Å². The standard InChI is InChI=1S/C18H28N2O4S/c1-3-14(2)16-6-8-17(9-7-16)25(23,24)20-10-4-5-15(13-20)11-19-12-18(21)22/h6-9,14-15,19H,3-5,10-13H2,1-2H3,(H,21,22). The fourth-order valence-electron chi connectivity index (χ4n) is 3.15. The van der Waals surface area contributed by atoms with Crippen LogP contribution in [0.15, 0.2) is 29.2 Å². The van der Waals surface area contributed by atoms with Crippen molar-refractivity contribution in [2.75, 3.05) is 26.2 Å². The number of carbonyl (C=O) groups is 1. The van der Waals surface area contributed by atoms with E-state index >= 15 is 0 Å². The summed E-state index contributed by atoms with van der Waals surface area (Å²) in [6, 6.07) is 7.19. The number of aliphatic carboxylic acids is 1. The van der Waals surface area contributed by atoms with Gasteiger partial charge in [0.15, 0.2) is 0 Å². The lowest BCUT2D eigenvalue weighted by Crippen LogP contribution is -2.43. The molecule has 140 valence electrons. The molecule has 1 saturated heterocycles. The minimum Gasteiger partial charge on any atom is -0.480 e. The molecule has 2 N–H and O–H groups in total. The third kappa shape index (κ3) is 5.26. The second-order valence-electron chi connectivity index (χ2n) is 6.77. The van der Waals surface area contributed by atoms with E-state index in [1.165, 1.54) is 4.31 Å². The molecule has 2 atom stereocenters. The highest BCUT2D eigenvalue weighted by Gasteiger charge is 2.30. The van der Waals surface area contributed by atoms with Crippen LogP contribution in [0, 0.1) is 5.92 Å². The van der Waals surface area contributed by atoms with Gasteiger partial charge in [-0.25, -0.2) is 8.42 Å². The molecule has 1 fully saturated rings. The van der Waals surface area contributed by atoms with Crippen molar-refractivity contribution in [2.24, 2.45) is 5.92 Å². The summed E-state index contributed by atoms with van der Waals surface area (Å²) in [5, 5.41) is 11.6. The zero-order valence-electron chi connectivity index (χ0n) is 14.9. The Morgan fingerprint density at radius 3 is 2.64 bits per heavy atom. The maximum atomic E-state index is 12.9. The van der Waals surface area contributed by atoms with Crippen LogP contribution in [-0.2, 0) is 14.8 Å². The molecule has 1 heterocycles. The molecular formula is C18H28N2O4S. The van der Waals surface area contributed by atoms with Crippen LogP contribution in [0.1, 0.15) is 44.6 Å². The van der Waals surface area contributed by atoms with Gasteiger partial charge >= 0.3 is 5.97 Å². The summed E-state index contributed by atoms with van der Waals surface area (Å²) in [7, 11) is -3.50. The van der Waals surface area contributed by atoms with Crippen molar-refractivity contribution in [2.45, 2.75) is 43.9 Å². The van der Waals surface area contributed by atoms with Crippen molar-refractivity contribution < 1.29 is 18.3 Å². The number of carboxylic acid groups (broad SMARTS) is 1. The van der Waals surface area contributed by atoms with E-state index in [-0.39, 0.29) is 12.5 Å². The second-order valence-corrected chi connectivity index (χ2v) is 8.71. The lowest BCUT2D eigenvalue weighted by molar-refractivity contribution is -0.136. The van der Waals surface area contributed by atoms with Gasteiger partial charge in [0.2, 0.25) is 10.0 Å². The van der Waals surface area contributed by atoms with Gasteiger partial charge < -0.3 is 10.4 Å². The van der Waals surface area contributed by atoms with Gasteiger partial charge in [0.25, 0.3) is 0 Å². The highest BCUT2D eigenvalue weighted by atomic mass is 32.2. The third-order valence-corrected chi connectivity index (χ3v) is 6.77. The van der Waals surface area contributed by atoms with Crippen LogP contribution in [0.2, 0.25) is 0 Å².